The average molecular weight is 315 g/mol. The first-order valence-corrected chi connectivity index (χ1v) is 7.84. The first-order valence-electron chi connectivity index (χ1n) is 7.84. The quantitative estimate of drug-likeness (QED) is 0.624. The number of benzene rings is 2. The molecule has 0 aliphatic carbocycles. The Morgan fingerprint density at radius 3 is 2.50 bits per heavy atom. The molecule has 0 atom stereocenters. The van der Waals surface area contributed by atoms with E-state index in [1.807, 2.05) is 55.7 Å². The predicted octanol–water partition coefficient (Wildman–Crippen LogP) is 3.64. The SMILES string of the molecule is Cn1ccc(CNc2nc(-c3ccccc3)c3ccccc3n2)n1. The zero-order valence-corrected chi connectivity index (χ0v) is 13.3. The second-order valence-electron chi connectivity index (χ2n) is 5.61. The van der Waals surface area contributed by atoms with E-state index in [9.17, 15) is 0 Å². The highest BCUT2D eigenvalue weighted by atomic mass is 15.3. The van der Waals surface area contributed by atoms with Crippen molar-refractivity contribution < 1.29 is 0 Å². The maximum Gasteiger partial charge on any atom is 0.224 e. The number of aryl methyl sites for hydroxylation is 1. The fourth-order valence-corrected chi connectivity index (χ4v) is 2.70. The molecule has 2 aromatic heterocycles. The van der Waals surface area contributed by atoms with Gasteiger partial charge in [-0.1, -0.05) is 48.5 Å². The van der Waals surface area contributed by atoms with Gasteiger partial charge < -0.3 is 5.32 Å². The molecule has 0 aliphatic heterocycles. The van der Waals surface area contributed by atoms with Gasteiger partial charge in [0.25, 0.3) is 0 Å². The Labute approximate surface area is 140 Å². The molecule has 4 rings (SSSR count). The van der Waals surface area contributed by atoms with Crippen molar-refractivity contribution in [3.8, 4) is 11.3 Å². The molecule has 5 nitrogen and oxygen atoms in total. The van der Waals surface area contributed by atoms with E-state index >= 15 is 0 Å². The summed E-state index contributed by atoms with van der Waals surface area (Å²) < 4.78 is 1.79. The van der Waals surface area contributed by atoms with Crippen molar-refractivity contribution in [2.75, 3.05) is 5.32 Å². The molecule has 0 saturated carbocycles. The van der Waals surface area contributed by atoms with Crippen molar-refractivity contribution in [2.45, 2.75) is 6.54 Å². The third-order valence-electron chi connectivity index (χ3n) is 3.85. The Morgan fingerprint density at radius 1 is 0.917 bits per heavy atom. The van der Waals surface area contributed by atoms with Crippen molar-refractivity contribution in [2.24, 2.45) is 7.05 Å². The van der Waals surface area contributed by atoms with Crippen LogP contribution in [-0.2, 0) is 13.6 Å². The molecule has 0 amide bonds. The molecule has 118 valence electrons. The van der Waals surface area contributed by atoms with E-state index in [2.05, 4.69) is 33.6 Å². The molecule has 0 radical (unpaired) electrons. The zero-order valence-electron chi connectivity index (χ0n) is 13.3. The van der Waals surface area contributed by atoms with Crippen LogP contribution in [0.5, 0.6) is 0 Å². The van der Waals surface area contributed by atoms with Gasteiger partial charge in [-0.2, -0.15) is 5.10 Å². The molecule has 4 aromatic rings. The summed E-state index contributed by atoms with van der Waals surface area (Å²) in [7, 11) is 1.91. The van der Waals surface area contributed by atoms with Crippen molar-refractivity contribution in [3.05, 3.63) is 72.6 Å². The second kappa shape index (κ2) is 6.12. The Morgan fingerprint density at radius 2 is 1.71 bits per heavy atom. The third kappa shape index (κ3) is 2.84. The van der Waals surface area contributed by atoms with Gasteiger partial charge in [0, 0.05) is 24.2 Å². The summed E-state index contributed by atoms with van der Waals surface area (Å²) in [5.41, 5.74) is 3.90. The number of rotatable bonds is 4. The van der Waals surface area contributed by atoms with E-state index < -0.39 is 0 Å². The maximum atomic E-state index is 4.74. The summed E-state index contributed by atoms with van der Waals surface area (Å²) in [5, 5.41) is 8.69. The largest absolute Gasteiger partial charge is 0.348 e. The number of nitrogens with zero attached hydrogens (tertiary/aromatic N) is 4. The molecule has 2 heterocycles. The number of anilines is 1. The molecule has 0 aliphatic rings. The lowest BCUT2D eigenvalue weighted by molar-refractivity contribution is 0.746. The van der Waals surface area contributed by atoms with Crippen LogP contribution in [0.1, 0.15) is 5.69 Å². The van der Waals surface area contributed by atoms with Crippen molar-refractivity contribution >= 4 is 16.9 Å². The molecule has 1 N–H and O–H groups in total. The van der Waals surface area contributed by atoms with Crippen molar-refractivity contribution in [1.82, 2.24) is 19.7 Å². The van der Waals surface area contributed by atoms with Gasteiger partial charge in [0.2, 0.25) is 5.95 Å². The minimum absolute atomic E-state index is 0.591. The summed E-state index contributed by atoms with van der Waals surface area (Å²) >= 11 is 0. The highest BCUT2D eigenvalue weighted by Crippen LogP contribution is 2.27. The first kappa shape index (κ1) is 14.4. The van der Waals surface area contributed by atoms with Crippen LogP contribution in [0.15, 0.2) is 66.9 Å². The van der Waals surface area contributed by atoms with E-state index in [1.165, 1.54) is 0 Å². The normalized spacial score (nSPS) is 10.9. The Kier molecular flexibility index (Phi) is 3.67. The van der Waals surface area contributed by atoms with Crippen LogP contribution in [0.25, 0.3) is 22.2 Å². The molecule has 0 fully saturated rings. The van der Waals surface area contributed by atoms with Crippen LogP contribution in [0, 0.1) is 0 Å². The lowest BCUT2D eigenvalue weighted by Gasteiger charge is -2.09. The highest BCUT2D eigenvalue weighted by Gasteiger charge is 2.09. The smallest absolute Gasteiger partial charge is 0.224 e. The van der Waals surface area contributed by atoms with Crippen LogP contribution in [0.2, 0.25) is 0 Å². The number of nitrogens with one attached hydrogen (secondary N) is 1. The van der Waals surface area contributed by atoms with E-state index in [0.717, 1.165) is 27.9 Å². The van der Waals surface area contributed by atoms with E-state index in [1.54, 1.807) is 4.68 Å². The number of para-hydroxylation sites is 1. The number of hydrogen-bond acceptors (Lipinski definition) is 4. The standard InChI is InChI=1S/C19H17N5/c1-24-12-11-15(23-24)13-20-19-21-17-10-6-5-9-16(17)18(22-19)14-7-3-2-4-8-14/h2-12H,13H2,1H3,(H,20,21,22). The minimum atomic E-state index is 0.591. The molecule has 0 bridgehead atoms. The lowest BCUT2D eigenvalue weighted by Crippen LogP contribution is -2.06. The molecule has 2 aromatic carbocycles. The summed E-state index contributed by atoms with van der Waals surface area (Å²) in [6, 6.07) is 20.2. The van der Waals surface area contributed by atoms with Gasteiger partial charge in [0.05, 0.1) is 23.4 Å². The first-order chi connectivity index (χ1) is 11.8. The topological polar surface area (TPSA) is 55.6 Å². The summed E-state index contributed by atoms with van der Waals surface area (Å²) in [5.74, 6) is 0.609. The summed E-state index contributed by atoms with van der Waals surface area (Å²) in [4.78, 5) is 9.36. The average Bonchev–Trinajstić information content (AvgIpc) is 3.05. The van der Waals surface area contributed by atoms with Gasteiger partial charge in [-0.25, -0.2) is 9.97 Å². The van der Waals surface area contributed by atoms with Gasteiger partial charge in [-0.05, 0) is 12.1 Å². The monoisotopic (exact) mass is 315 g/mol. The van der Waals surface area contributed by atoms with Gasteiger partial charge in [-0.3, -0.25) is 4.68 Å². The van der Waals surface area contributed by atoms with Gasteiger partial charge in [0.1, 0.15) is 0 Å². The van der Waals surface area contributed by atoms with Gasteiger partial charge in [-0.15, -0.1) is 0 Å². The number of fused-ring (bicyclic) bond motifs is 1. The van der Waals surface area contributed by atoms with E-state index in [4.69, 9.17) is 4.98 Å². The number of hydrogen-bond donors (Lipinski definition) is 1. The Hall–Kier alpha value is -3.21. The number of aromatic nitrogens is 4. The Balaban J connectivity index is 1.74. The minimum Gasteiger partial charge on any atom is -0.348 e. The fraction of sp³-hybridized carbons (Fsp3) is 0.105. The van der Waals surface area contributed by atoms with E-state index in [-0.39, 0.29) is 0 Å². The molecule has 24 heavy (non-hydrogen) atoms. The zero-order chi connectivity index (χ0) is 16.4. The third-order valence-corrected chi connectivity index (χ3v) is 3.85. The van der Waals surface area contributed by atoms with Crippen LogP contribution in [0.4, 0.5) is 5.95 Å². The molecule has 0 spiro atoms. The predicted molar refractivity (Wildman–Crippen MR) is 95.5 cm³/mol. The molecule has 0 saturated heterocycles. The second-order valence-corrected chi connectivity index (χ2v) is 5.61. The fourth-order valence-electron chi connectivity index (χ4n) is 2.70. The lowest BCUT2D eigenvalue weighted by atomic mass is 10.1. The van der Waals surface area contributed by atoms with Crippen LogP contribution < -0.4 is 5.32 Å². The molecule has 5 heteroatoms. The maximum absolute atomic E-state index is 4.74. The molecule has 0 unspecified atom stereocenters. The summed E-state index contributed by atoms with van der Waals surface area (Å²) in [6.45, 7) is 0.591. The Bertz CT molecular complexity index is 975. The molecular weight excluding hydrogens is 298 g/mol. The summed E-state index contributed by atoms with van der Waals surface area (Å²) in [6.07, 6.45) is 1.92. The van der Waals surface area contributed by atoms with Gasteiger partial charge in [0.15, 0.2) is 0 Å². The van der Waals surface area contributed by atoms with Gasteiger partial charge >= 0.3 is 0 Å². The van der Waals surface area contributed by atoms with Crippen LogP contribution >= 0.6 is 0 Å². The van der Waals surface area contributed by atoms with Crippen LogP contribution in [0.3, 0.4) is 0 Å². The van der Waals surface area contributed by atoms with Crippen LogP contribution in [-0.4, -0.2) is 19.7 Å². The van der Waals surface area contributed by atoms with E-state index in [0.29, 0.717) is 12.5 Å². The van der Waals surface area contributed by atoms with Crippen molar-refractivity contribution in [1.29, 1.82) is 0 Å². The van der Waals surface area contributed by atoms with Crippen molar-refractivity contribution in [3.63, 3.8) is 0 Å². The molecular formula is C19H17N5. The highest BCUT2D eigenvalue weighted by molar-refractivity contribution is 5.93.